The fourth-order valence-electron chi connectivity index (χ4n) is 2.33. The van der Waals surface area contributed by atoms with Crippen molar-refractivity contribution in [1.29, 1.82) is 0 Å². The van der Waals surface area contributed by atoms with Crippen molar-refractivity contribution in [3.63, 3.8) is 0 Å². The van der Waals surface area contributed by atoms with Crippen molar-refractivity contribution < 1.29 is 9.84 Å². The predicted octanol–water partition coefficient (Wildman–Crippen LogP) is 3.29. The minimum Gasteiger partial charge on any atom is -0.495 e. The van der Waals surface area contributed by atoms with Crippen LogP contribution in [-0.2, 0) is 4.74 Å². The lowest BCUT2D eigenvalue weighted by molar-refractivity contribution is 0.0917. The van der Waals surface area contributed by atoms with Crippen LogP contribution in [-0.4, -0.2) is 11.7 Å². The summed E-state index contributed by atoms with van der Waals surface area (Å²) in [6.45, 7) is 0.727. The zero-order valence-electron chi connectivity index (χ0n) is 9.93. The zero-order valence-corrected chi connectivity index (χ0v) is 9.93. The van der Waals surface area contributed by atoms with Crippen LogP contribution < -0.4 is 0 Å². The molecule has 90 valence electrons. The molecule has 2 heteroatoms. The molecule has 1 aromatic rings. The van der Waals surface area contributed by atoms with Gasteiger partial charge in [0.25, 0.3) is 0 Å². The summed E-state index contributed by atoms with van der Waals surface area (Å²) in [4.78, 5) is 0. The van der Waals surface area contributed by atoms with E-state index in [2.05, 4.69) is 12.1 Å². The maximum Gasteiger partial charge on any atom is 0.136 e. The molecule has 0 radical (unpaired) electrons. The highest BCUT2D eigenvalue weighted by molar-refractivity contribution is 5.32. The Labute approximate surface area is 102 Å². The molecule has 1 atom stereocenters. The van der Waals surface area contributed by atoms with Crippen molar-refractivity contribution in [3.8, 4) is 0 Å². The standard InChI is InChI=1S/C15H18O2/c16-15(14-6-1-2-9-17-14)13-5-3-4-12(10-13)11-7-8-11/h3-6,10-11,15-16H,1-2,7-9H2. The summed E-state index contributed by atoms with van der Waals surface area (Å²) < 4.78 is 5.52. The van der Waals surface area contributed by atoms with E-state index >= 15 is 0 Å². The van der Waals surface area contributed by atoms with Gasteiger partial charge in [0.1, 0.15) is 11.9 Å². The van der Waals surface area contributed by atoms with E-state index in [1.165, 1.54) is 18.4 Å². The van der Waals surface area contributed by atoms with E-state index in [0.717, 1.165) is 36.7 Å². The number of benzene rings is 1. The quantitative estimate of drug-likeness (QED) is 0.863. The second-order valence-corrected chi connectivity index (χ2v) is 4.94. The summed E-state index contributed by atoms with van der Waals surface area (Å²) in [6, 6.07) is 8.30. The normalized spacial score (nSPS) is 21.6. The van der Waals surface area contributed by atoms with Crippen LogP contribution in [0.1, 0.15) is 48.8 Å². The van der Waals surface area contributed by atoms with E-state index < -0.39 is 6.10 Å². The van der Waals surface area contributed by atoms with E-state index in [4.69, 9.17) is 4.74 Å². The van der Waals surface area contributed by atoms with Crippen LogP contribution in [0.15, 0.2) is 36.1 Å². The molecule has 1 aliphatic heterocycles. The molecular formula is C15H18O2. The fourth-order valence-corrected chi connectivity index (χ4v) is 2.33. The summed E-state index contributed by atoms with van der Waals surface area (Å²) in [5, 5.41) is 10.3. The van der Waals surface area contributed by atoms with Gasteiger partial charge in [-0.3, -0.25) is 0 Å². The Morgan fingerprint density at radius 3 is 2.88 bits per heavy atom. The van der Waals surface area contributed by atoms with Crippen molar-refractivity contribution in [2.75, 3.05) is 6.61 Å². The Morgan fingerprint density at radius 1 is 1.29 bits per heavy atom. The molecule has 1 unspecified atom stereocenters. The van der Waals surface area contributed by atoms with Crippen molar-refractivity contribution in [2.45, 2.75) is 37.7 Å². The monoisotopic (exact) mass is 230 g/mol. The van der Waals surface area contributed by atoms with Gasteiger partial charge in [0.15, 0.2) is 0 Å². The van der Waals surface area contributed by atoms with Crippen molar-refractivity contribution in [1.82, 2.24) is 0 Å². The lowest BCUT2D eigenvalue weighted by atomic mass is 10.0. The first kappa shape index (κ1) is 10.8. The van der Waals surface area contributed by atoms with Crippen LogP contribution in [0.3, 0.4) is 0 Å². The third-order valence-corrected chi connectivity index (χ3v) is 3.51. The second-order valence-electron chi connectivity index (χ2n) is 4.94. The van der Waals surface area contributed by atoms with Gasteiger partial charge in [-0.1, -0.05) is 24.3 Å². The fraction of sp³-hybridized carbons (Fsp3) is 0.467. The molecule has 1 aromatic carbocycles. The minimum atomic E-state index is -0.589. The summed E-state index contributed by atoms with van der Waals surface area (Å²) in [6.07, 6.45) is 6.07. The van der Waals surface area contributed by atoms with E-state index in [0.29, 0.717) is 0 Å². The molecule has 17 heavy (non-hydrogen) atoms. The number of allylic oxidation sites excluding steroid dienone is 1. The van der Waals surface area contributed by atoms with Crippen LogP contribution in [0, 0.1) is 0 Å². The molecule has 1 aliphatic carbocycles. The summed E-state index contributed by atoms with van der Waals surface area (Å²) in [5.41, 5.74) is 2.32. The van der Waals surface area contributed by atoms with Gasteiger partial charge in [-0.05, 0) is 48.8 Å². The van der Waals surface area contributed by atoms with Crippen molar-refractivity contribution in [2.24, 2.45) is 0 Å². The SMILES string of the molecule is OC(C1=CCCCO1)c1cccc(C2CC2)c1. The largest absolute Gasteiger partial charge is 0.495 e. The van der Waals surface area contributed by atoms with Gasteiger partial charge < -0.3 is 9.84 Å². The first-order chi connectivity index (χ1) is 8.34. The second kappa shape index (κ2) is 4.53. The van der Waals surface area contributed by atoms with Crippen LogP contribution in [0.4, 0.5) is 0 Å². The van der Waals surface area contributed by atoms with Gasteiger partial charge in [-0.2, -0.15) is 0 Å². The number of hydrogen-bond donors (Lipinski definition) is 1. The summed E-state index contributed by atoms with van der Waals surface area (Å²) >= 11 is 0. The Kier molecular flexibility index (Phi) is 2.89. The van der Waals surface area contributed by atoms with Crippen LogP contribution >= 0.6 is 0 Å². The van der Waals surface area contributed by atoms with Crippen molar-refractivity contribution >= 4 is 0 Å². The zero-order chi connectivity index (χ0) is 11.7. The molecule has 1 N–H and O–H groups in total. The molecule has 1 fully saturated rings. The Bertz CT molecular complexity index is 432. The van der Waals surface area contributed by atoms with Crippen LogP contribution in [0.5, 0.6) is 0 Å². The van der Waals surface area contributed by atoms with Crippen molar-refractivity contribution in [3.05, 3.63) is 47.2 Å². The molecule has 2 aliphatic rings. The number of hydrogen-bond acceptors (Lipinski definition) is 2. The summed E-state index contributed by atoms with van der Waals surface area (Å²) in [7, 11) is 0. The predicted molar refractivity (Wildman–Crippen MR) is 66.6 cm³/mol. The third-order valence-electron chi connectivity index (χ3n) is 3.51. The van der Waals surface area contributed by atoms with Gasteiger partial charge in [-0.15, -0.1) is 0 Å². The lowest BCUT2D eigenvalue weighted by Gasteiger charge is -2.20. The van der Waals surface area contributed by atoms with E-state index in [1.807, 2.05) is 18.2 Å². The maximum absolute atomic E-state index is 10.3. The molecule has 2 nitrogen and oxygen atoms in total. The van der Waals surface area contributed by atoms with Crippen LogP contribution in [0.25, 0.3) is 0 Å². The van der Waals surface area contributed by atoms with Gasteiger partial charge in [0.2, 0.25) is 0 Å². The van der Waals surface area contributed by atoms with Crippen LogP contribution in [0.2, 0.25) is 0 Å². The number of ether oxygens (including phenoxy) is 1. The molecule has 0 bridgehead atoms. The highest BCUT2D eigenvalue weighted by Crippen LogP contribution is 2.41. The Morgan fingerprint density at radius 2 is 2.18 bits per heavy atom. The molecule has 0 aromatic heterocycles. The average molecular weight is 230 g/mol. The molecule has 1 saturated carbocycles. The topological polar surface area (TPSA) is 29.5 Å². The first-order valence-corrected chi connectivity index (χ1v) is 6.45. The highest BCUT2D eigenvalue weighted by atomic mass is 16.5. The van der Waals surface area contributed by atoms with Gasteiger partial charge >= 0.3 is 0 Å². The smallest absolute Gasteiger partial charge is 0.136 e. The molecular weight excluding hydrogens is 212 g/mol. The molecule has 1 heterocycles. The molecule has 0 saturated heterocycles. The van der Waals surface area contributed by atoms with E-state index in [-0.39, 0.29) is 0 Å². The average Bonchev–Trinajstić information content (AvgIpc) is 3.23. The lowest BCUT2D eigenvalue weighted by Crippen LogP contribution is -2.10. The Hall–Kier alpha value is -1.28. The number of aliphatic hydroxyl groups excluding tert-OH is 1. The minimum absolute atomic E-state index is 0.589. The highest BCUT2D eigenvalue weighted by Gasteiger charge is 2.25. The molecule has 0 spiro atoms. The van der Waals surface area contributed by atoms with Gasteiger partial charge in [-0.25, -0.2) is 0 Å². The maximum atomic E-state index is 10.3. The third kappa shape index (κ3) is 2.37. The van der Waals surface area contributed by atoms with Gasteiger partial charge in [0.05, 0.1) is 6.61 Å². The number of aliphatic hydroxyl groups is 1. The molecule has 0 amide bonds. The summed E-state index contributed by atoms with van der Waals surface area (Å²) in [5.74, 6) is 1.45. The Balaban J connectivity index is 1.82. The first-order valence-electron chi connectivity index (χ1n) is 6.45. The number of rotatable bonds is 3. The van der Waals surface area contributed by atoms with E-state index in [9.17, 15) is 5.11 Å². The van der Waals surface area contributed by atoms with E-state index in [1.54, 1.807) is 0 Å². The van der Waals surface area contributed by atoms with Gasteiger partial charge in [0, 0.05) is 0 Å². The molecule has 3 rings (SSSR count).